The van der Waals surface area contributed by atoms with Gasteiger partial charge in [0.1, 0.15) is 6.07 Å². The number of nitrogens with zero attached hydrogens (tertiary/aromatic N) is 1. The van der Waals surface area contributed by atoms with Crippen LogP contribution in [0.4, 0.5) is 0 Å². The van der Waals surface area contributed by atoms with E-state index in [0.29, 0.717) is 16.4 Å². The summed E-state index contributed by atoms with van der Waals surface area (Å²) in [5.41, 5.74) is 4.91. The molecule has 4 rings (SSSR count). The Bertz CT molecular complexity index is 564. The molecule has 1 heterocycles. The molecular weight excluding hydrogens is 196 g/mol. The van der Waals surface area contributed by atoms with Crippen molar-refractivity contribution < 1.29 is 0 Å². The molecule has 2 nitrogen and oxygen atoms in total. The third-order valence-electron chi connectivity index (χ3n) is 4.71. The topological polar surface area (TPSA) is 35.8 Å². The lowest BCUT2D eigenvalue weighted by Gasteiger charge is -2.33. The number of rotatable bonds is 0. The number of nitriles is 1. The second kappa shape index (κ2) is 2.17. The largest absolute Gasteiger partial charge is 0.315 e. The molecule has 1 saturated carbocycles. The van der Waals surface area contributed by atoms with E-state index in [1.165, 1.54) is 17.5 Å². The smallest absolute Gasteiger partial charge is 0.100 e. The van der Waals surface area contributed by atoms with Crippen LogP contribution in [0.2, 0.25) is 0 Å². The molecule has 2 heteroatoms. The minimum atomic E-state index is 0.362. The first-order chi connectivity index (χ1) is 7.77. The molecule has 0 amide bonds. The molecule has 1 N–H and O–H groups in total. The molecule has 16 heavy (non-hydrogen) atoms. The summed E-state index contributed by atoms with van der Waals surface area (Å²) in [6, 6.07) is 6.28. The van der Waals surface area contributed by atoms with Gasteiger partial charge >= 0.3 is 0 Å². The van der Waals surface area contributed by atoms with E-state index < -0.39 is 0 Å². The predicted molar refractivity (Wildman–Crippen MR) is 59.9 cm³/mol. The summed E-state index contributed by atoms with van der Waals surface area (Å²) < 4.78 is 0. The fraction of sp³-hybridized carbons (Fsp3) is 0.357. The van der Waals surface area contributed by atoms with Crippen molar-refractivity contribution in [1.29, 1.82) is 5.26 Å². The van der Waals surface area contributed by atoms with E-state index in [-0.39, 0.29) is 0 Å². The van der Waals surface area contributed by atoms with Crippen molar-refractivity contribution in [2.24, 2.45) is 0 Å². The summed E-state index contributed by atoms with van der Waals surface area (Å²) in [6.45, 7) is 2.15. The van der Waals surface area contributed by atoms with Crippen LogP contribution in [-0.4, -0.2) is 13.1 Å². The molecule has 0 radical (unpaired) electrons. The number of nitrogens with one attached hydrogen (secondary N) is 1. The molecule has 1 aromatic carbocycles. The lowest BCUT2D eigenvalue weighted by molar-refractivity contribution is 0.575. The minimum Gasteiger partial charge on any atom is -0.315 e. The average molecular weight is 206 g/mol. The zero-order chi connectivity index (χ0) is 11.0. The average Bonchev–Trinajstić information content (AvgIpc) is 2.78. The second-order valence-electron chi connectivity index (χ2n) is 5.14. The van der Waals surface area contributed by atoms with Crippen LogP contribution in [0.25, 0.3) is 0 Å². The predicted octanol–water partition coefficient (Wildman–Crippen LogP) is 1.04. The summed E-state index contributed by atoms with van der Waals surface area (Å²) in [7, 11) is 0. The van der Waals surface area contributed by atoms with Crippen LogP contribution in [-0.2, 0) is 10.8 Å². The molecule has 0 aromatic heterocycles. The molecule has 2 atom stereocenters. The Balaban J connectivity index is 1.99. The molecule has 1 aliphatic heterocycles. The summed E-state index contributed by atoms with van der Waals surface area (Å²) in [6.07, 6.45) is 6.70. The van der Waals surface area contributed by atoms with Crippen LogP contribution >= 0.6 is 0 Å². The van der Waals surface area contributed by atoms with E-state index in [1.54, 1.807) is 0 Å². The molecule has 76 valence electrons. The Labute approximate surface area is 94.3 Å². The lowest BCUT2D eigenvalue weighted by Crippen LogP contribution is -2.33. The van der Waals surface area contributed by atoms with Gasteiger partial charge in [-0.1, -0.05) is 5.92 Å². The van der Waals surface area contributed by atoms with Crippen LogP contribution in [0, 0.1) is 23.7 Å². The first kappa shape index (κ1) is 8.39. The number of hydrogen-bond donors (Lipinski definition) is 1. The van der Waals surface area contributed by atoms with Crippen LogP contribution < -0.4 is 5.32 Å². The van der Waals surface area contributed by atoms with Gasteiger partial charge in [-0.2, -0.15) is 5.26 Å². The van der Waals surface area contributed by atoms with Crippen molar-refractivity contribution in [3.63, 3.8) is 0 Å². The van der Waals surface area contributed by atoms with E-state index in [1.807, 2.05) is 6.07 Å². The fourth-order valence-corrected chi connectivity index (χ4v) is 3.86. The fourth-order valence-electron chi connectivity index (χ4n) is 3.86. The zero-order valence-corrected chi connectivity index (χ0v) is 8.80. The van der Waals surface area contributed by atoms with Crippen LogP contribution in [0.5, 0.6) is 0 Å². The number of benzene rings is 1. The zero-order valence-electron chi connectivity index (χ0n) is 8.80. The maximum Gasteiger partial charge on any atom is 0.100 e. The van der Waals surface area contributed by atoms with E-state index in [0.717, 1.165) is 18.7 Å². The third kappa shape index (κ3) is 0.588. The van der Waals surface area contributed by atoms with Gasteiger partial charge in [-0.15, -0.1) is 6.42 Å². The first-order valence-corrected chi connectivity index (χ1v) is 5.54. The highest BCUT2D eigenvalue weighted by molar-refractivity contribution is 5.71. The number of terminal acetylenes is 1. The molecule has 1 aromatic rings. The van der Waals surface area contributed by atoms with Crippen LogP contribution in [0.3, 0.4) is 0 Å². The lowest BCUT2D eigenvalue weighted by atomic mass is 9.69. The van der Waals surface area contributed by atoms with Gasteiger partial charge in [0.25, 0.3) is 0 Å². The van der Waals surface area contributed by atoms with Crippen molar-refractivity contribution in [1.82, 2.24) is 5.32 Å². The number of hydrogen-bond acceptors (Lipinski definition) is 2. The maximum atomic E-state index is 9.06. The molecule has 0 spiro atoms. The highest BCUT2D eigenvalue weighted by atomic mass is 15.1. The maximum absolute atomic E-state index is 9.06. The van der Waals surface area contributed by atoms with Crippen molar-refractivity contribution in [3.8, 4) is 18.4 Å². The Hall–Kier alpha value is -1.77. The monoisotopic (exact) mass is 206 g/mol. The molecule has 1 saturated heterocycles. The van der Waals surface area contributed by atoms with Crippen molar-refractivity contribution in [3.05, 3.63) is 34.4 Å². The molecule has 0 bridgehead atoms. The Morgan fingerprint density at radius 2 is 1.81 bits per heavy atom. The van der Waals surface area contributed by atoms with E-state index >= 15 is 0 Å². The number of piperidine rings is 1. The summed E-state index contributed by atoms with van der Waals surface area (Å²) in [5.74, 6) is 2.62. The van der Waals surface area contributed by atoms with Gasteiger partial charge in [-0.3, -0.25) is 0 Å². The third-order valence-corrected chi connectivity index (χ3v) is 4.71. The van der Waals surface area contributed by atoms with E-state index in [4.69, 9.17) is 11.7 Å². The van der Waals surface area contributed by atoms with Gasteiger partial charge in [0.2, 0.25) is 0 Å². The molecule has 2 unspecified atom stereocenters. The first-order valence-electron chi connectivity index (χ1n) is 5.54. The molecule has 3 aliphatic rings. The normalized spacial score (nSPS) is 36.1. The summed E-state index contributed by atoms with van der Waals surface area (Å²) in [5, 5.41) is 12.5. The minimum absolute atomic E-state index is 0.362. The van der Waals surface area contributed by atoms with Gasteiger partial charge in [0.05, 0.1) is 5.56 Å². The van der Waals surface area contributed by atoms with Crippen molar-refractivity contribution in [2.75, 3.05) is 13.1 Å². The van der Waals surface area contributed by atoms with Gasteiger partial charge in [0.15, 0.2) is 0 Å². The second-order valence-corrected chi connectivity index (χ2v) is 5.14. The van der Waals surface area contributed by atoms with Crippen LogP contribution in [0.15, 0.2) is 12.1 Å². The molecule has 2 aliphatic carbocycles. The highest BCUT2D eigenvalue weighted by Gasteiger charge is 2.79. The Kier molecular flexibility index (Phi) is 1.14. The molecular formula is C14H10N2. The molecule has 2 fully saturated rings. The van der Waals surface area contributed by atoms with E-state index in [9.17, 15) is 0 Å². The Morgan fingerprint density at radius 3 is 2.38 bits per heavy atom. The van der Waals surface area contributed by atoms with Crippen molar-refractivity contribution >= 4 is 0 Å². The van der Waals surface area contributed by atoms with Crippen molar-refractivity contribution in [2.45, 2.75) is 17.3 Å². The SMILES string of the molecule is C#Cc1cc2c(cc1C#N)C13CNCC21C3. The van der Waals surface area contributed by atoms with Gasteiger partial charge in [-0.25, -0.2) is 0 Å². The highest BCUT2D eigenvalue weighted by Crippen LogP contribution is 2.76. The summed E-state index contributed by atoms with van der Waals surface area (Å²) in [4.78, 5) is 0. The number of fused-ring (bicyclic) bond motifs is 1. The Morgan fingerprint density at radius 1 is 1.19 bits per heavy atom. The van der Waals surface area contributed by atoms with Gasteiger partial charge < -0.3 is 5.32 Å². The van der Waals surface area contributed by atoms with Gasteiger partial charge in [0, 0.05) is 29.5 Å². The van der Waals surface area contributed by atoms with Gasteiger partial charge in [-0.05, 0) is 29.7 Å². The van der Waals surface area contributed by atoms with Crippen LogP contribution in [0.1, 0.15) is 28.7 Å². The van der Waals surface area contributed by atoms with E-state index in [2.05, 4.69) is 23.4 Å². The quantitative estimate of drug-likeness (QED) is 0.644. The summed E-state index contributed by atoms with van der Waals surface area (Å²) >= 11 is 0. The standard InChI is InChI=1S/C14H10N2/c1-2-9-3-11-12(4-10(9)5-15)14-6-13(11,14)7-16-8-14/h1,3-4,16H,6-8H2.